The van der Waals surface area contributed by atoms with Crippen LogP contribution in [0, 0.1) is 0 Å². The highest BCUT2D eigenvalue weighted by Crippen LogP contribution is 2.28. The summed E-state index contributed by atoms with van der Waals surface area (Å²) in [6.07, 6.45) is 6.97. The zero-order valence-electron chi connectivity index (χ0n) is 10.1. The van der Waals surface area contributed by atoms with Crippen molar-refractivity contribution in [2.75, 3.05) is 12.4 Å². The van der Waals surface area contributed by atoms with E-state index >= 15 is 0 Å². The summed E-state index contributed by atoms with van der Waals surface area (Å²) in [5.74, 6) is 2.48. The average Bonchev–Trinajstić information content (AvgIpc) is 2.95. The quantitative estimate of drug-likeness (QED) is 0.846. The third kappa shape index (κ3) is 1.58. The number of nitrogens with zero attached hydrogens (tertiary/aromatic N) is 4. The lowest BCUT2D eigenvalue weighted by Gasteiger charge is -2.09. The van der Waals surface area contributed by atoms with Crippen molar-refractivity contribution in [1.82, 2.24) is 19.5 Å². The molecule has 0 aliphatic heterocycles. The summed E-state index contributed by atoms with van der Waals surface area (Å²) >= 11 is 0. The lowest BCUT2D eigenvalue weighted by molar-refractivity contribution is 0.888. The van der Waals surface area contributed by atoms with Gasteiger partial charge in [-0.1, -0.05) is 0 Å². The van der Waals surface area contributed by atoms with Crippen molar-refractivity contribution in [1.29, 1.82) is 0 Å². The number of aryl methyl sites for hydroxylation is 2. The summed E-state index contributed by atoms with van der Waals surface area (Å²) in [4.78, 5) is 13.5. The van der Waals surface area contributed by atoms with E-state index in [1.807, 2.05) is 24.9 Å². The van der Waals surface area contributed by atoms with Gasteiger partial charge in [0.2, 0.25) is 0 Å². The third-order valence-electron chi connectivity index (χ3n) is 3.19. The van der Waals surface area contributed by atoms with Crippen molar-refractivity contribution in [3.8, 4) is 11.6 Å². The molecule has 0 unspecified atom stereocenters. The molecule has 1 aliphatic rings. The zero-order valence-corrected chi connectivity index (χ0v) is 10.1. The molecule has 0 radical (unpaired) electrons. The highest BCUT2D eigenvalue weighted by atomic mass is 15.1. The van der Waals surface area contributed by atoms with Gasteiger partial charge in [-0.05, 0) is 19.3 Å². The molecule has 0 bridgehead atoms. The van der Waals surface area contributed by atoms with E-state index in [2.05, 4.69) is 20.3 Å². The first kappa shape index (κ1) is 10.3. The fraction of sp³-hybridized carbons (Fsp3) is 0.417. The molecule has 5 nitrogen and oxygen atoms in total. The van der Waals surface area contributed by atoms with E-state index in [1.54, 1.807) is 6.20 Å². The molecule has 0 amide bonds. The molecular formula is C12H15N5. The summed E-state index contributed by atoms with van der Waals surface area (Å²) in [6.45, 7) is 0. The van der Waals surface area contributed by atoms with Crippen LogP contribution in [0.1, 0.15) is 17.7 Å². The lowest BCUT2D eigenvalue weighted by Crippen LogP contribution is -2.05. The molecule has 2 aromatic rings. The van der Waals surface area contributed by atoms with Crippen molar-refractivity contribution in [3.05, 3.63) is 23.7 Å². The van der Waals surface area contributed by atoms with Crippen LogP contribution in [0.3, 0.4) is 0 Å². The minimum absolute atomic E-state index is 0.711. The number of rotatable bonds is 2. The largest absolute Gasteiger partial charge is 0.373 e. The second-order valence-corrected chi connectivity index (χ2v) is 4.29. The molecular weight excluding hydrogens is 214 g/mol. The van der Waals surface area contributed by atoms with Gasteiger partial charge >= 0.3 is 0 Å². The maximum absolute atomic E-state index is 4.63. The fourth-order valence-corrected chi connectivity index (χ4v) is 2.32. The van der Waals surface area contributed by atoms with Gasteiger partial charge in [0.05, 0.1) is 0 Å². The monoisotopic (exact) mass is 229 g/mol. The molecule has 2 heterocycles. The van der Waals surface area contributed by atoms with Crippen molar-refractivity contribution in [3.63, 3.8) is 0 Å². The Kier molecular flexibility index (Phi) is 2.31. The number of nitrogens with one attached hydrogen (secondary N) is 1. The van der Waals surface area contributed by atoms with Gasteiger partial charge in [0, 0.05) is 37.7 Å². The topological polar surface area (TPSA) is 55.6 Å². The van der Waals surface area contributed by atoms with Gasteiger partial charge in [0.25, 0.3) is 0 Å². The first-order valence-electron chi connectivity index (χ1n) is 5.85. The predicted octanol–water partition coefficient (Wildman–Crippen LogP) is 1.41. The molecule has 17 heavy (non-hydrogen) atoms. The molecule has 5 heteroatoms. The number of imidazole rings is 1. The second kappa shape index (κ2) is 3.84. The SMILES string of the molecule is CNc1nc(-c2nccn2C)nc2c1CCC2. The standard InChI is InChI=1S/C12H15N5/c1-13-10-8-4-3-5-9(8)15-11(16-10)12-14-6-7-17(12)2/h6-7H,3-5H2,1-2H3,(H,13,15,16). The fourth-order valence-electron chi connectivity index (χ4n) is 2.32. The van der Waals surface area contributed by atoms with E-state index in [1.165, 1.54) is 17.7 Å². The summed E-state index contributed by atoms with van der Waals surface area (Å²) < 4.78 is 1.94. The van der Waals surface area contributed by atoms with Gasteiger partial charge in [-0.3, -0.25) is 0 Å². The number of hydrogen-bond donors (Lipinski definition) is 1. The van der Waals surface area contributed by atoms with Gasteiger partial charge in [-0.2, -0.15) is 0 Å². The molecule has 88 valence electrons. The number of fused-ring (bicyclic) bond motifs is 1. The number of aromatic nitrogens is 4. The van der Waals surface area contributed by atoms with E-state index in [9.17, 15) is 0 Å². The molecule has 2 aromatic heterocycles. The van der Waals surface area contributed by atoms with E-state index < -0.39 is 0 Å². The van der Waals surface area contributed by atoms with E-state index in [-0.39, 0.29) is 0 Å². The highest BCUT2D eigenvalue weighted by molar-refractivity contribution is 5.55. The van der Waals surface area contributed by atoms with E-state index in [0.717, 1.165) is 24.5 Å². The summed E-state index contributed by atoms with van der Waals surface area (Å²) in [7, 11) is 3.86. The van der Waals surface area contributed by atoms with Crippen LogP contribution in [0.5, 0.6) is 0 Å². The van der Waals surface area contributed by atoms with Crippen LogP contribution in [-0.2, 0) is 19.9 Å². The van der Waals surface area contributed by atoms with Crippen molar-refractivity contribution >= 4 is 5.82 Å². The summed E-state index contributed by atoms with van der Waals surface area (Å²) in [5, 5.41) is 3.16. The van der Waals surface area contributed by atoms with Crippen LogP contribution in [-0.4, -0.2) is 26.6 Å². The maximum atomic E-state index is 4.63. The Labute approximate surface area is 99.9 Å². The first-order valence-corrected chi connectivity index (χ1v) is 5.85. The van der Waals surface area contributed by atoms with Gasteiger partial charge in [0.15, 0.2) is 11.6 Å². The molecule has 0 atom stereocenters. The molecule has 1 aliphatic carbocycles. The van der Waals surface area contributed by atoms with Gasteiger partial charge in [0.1, 0.15) is 5.82 Å². The Morgan fingerprint density at radius 1 is 1.29 bits per heavy atom. The van der Waals surface area contributed by atoms with Crippen LogP contribution >= 0.6 is 0 Å². The van der Waals surface area contributed by atoms with Gasteiger partial charge in [-0.25, -0.2) is 15.0 Å². The Morgan fingerprint density at radius 2 is 2.18 bits per heavy atom. The summed E-state index contributed by atoms with van der Waals surface area (Å²) in [5.41, 5.74) is 2.44. The van der Waals surface area contributed by atoms with Gasteiger partial charge in [-0.15, -0.1) is 0 Å². The van der Waals surface area contributed by atoms with Crippen LogP contribution in [0.15, 0.2) is 12.4 Å². The number of anilines is 1. The molecule has 0 spiro atoms. The summed E-state index contributed by atoms with van der Waals surface area (Å²) in [6, 6.07) is 0. The number of hydrogen-bond acceptors (Lipinski definition) is 4. The minimum atomic E-state index is 0.711. The Hall–Kier alpha value is -1.91. The lowest BCUT2D eigenvalue weighted by atomic mass is 10.2. The first-order chi connectivity index (χ1) is 8.29. The van der Waals surface area contributed by atoms with Crippen LogP contribution < -0.4 is 5.32 Å². The Balaban J connectivity index is 2.16. The molecule has 0 saturated heterocycles. The van der Waals surface area contributed by atoms with Crippen LogP contribution in [0.2, 0.25) is 0 Å². The zero-order chi connectivity index (χ0) is 11.8. The Bertz CT molecular complexity index is 558. The van der Waals surface area contributed by atoms with E-state index in [0.29, 0.717) is 5.82 Å². The average molecular weight is 229 g/mol. The Morgan fingerprint density at radius 3 is 2.88 bits per heavy atom. The van der Waals surface area contributed by atoms with Crippen LogP contribution in [0.4, 0.5) is 5.82 Å². The van der Waals surface area contributed by atoms with Crippen molar-refractivity contribution in [2.45, 2.75) is 19.3 Å². The molecule has 3 rings (SSSR count). The van der Waals surface area contributed by atoms with Crippen molar-refractivity contribution in [2.24, 2.45) is 7.05 Å². The highest BCUT2D eigenvalue weighted by Gasteiger charge is 2.20. The molecule has 0 aromatic carbocycles. The maximum Gasteiger partial charge on any atom is 0.198 e. The van der Waals surface area contributed by atoms with Gasteiger partial charge < -0.3 is 9.88 Å². The molecule has 0 fully saturated rings. The van der Waals surface area contributed by atoms with E-state index in [4.69, 9.17) is 0 Å². The van der Waals surface area contributed by atoms with Crippen molar-refractivity contribution < 1.29 is 0 Å². The smallest absolute Gasteiger partial charge is 0.198 e. The minimum Gasteiger partial charge on any atom is -0.373 e. The predicted molar refractivity (Wildman–Crippen MR) is 65.8 cm³/mol. The van der Waals surface area contributed by atoms with Crippen LogP contribution in [0.25, 0.3) is 11.6 Å². The third-order valence-corrected chi connectivity index (χ3v) is 3.19. The second-order valence-electron chi connectivity index (χ2n) is 4.29. The molecule has 1 N–H and O–H groups in total. The normalized spacial score (nSPS) is 13.8. The molecule has 0 saturated carbocycles.